The van der Waals surface area contributed by atoms with Gasteiger partial charge >= 0.3 is 0 Å². The van der Waals surface area contributed by atoms with Gasteiger partial charge in [-0.3, -0.25) is 5.10 Å². The van der Waals surface area contributed by atoms with E-state index < -0.39 is 5.60 Å². The van der Waals surface area contributed by atoms with Crippen LogP contribution in [0.15, 0.2) is 12.1 Å². The lowest BCUT2D eigenvalue weighted by molar-refractivity contribution is -0.129. The fourth-order valence-electron chi connectivity index (χ4n) is 6.98. The summed E-state index contributed by atoms with van der Waals surface area (Å²) in [7, 11) is 2.15. The van der Waals surface area contributed by atoms with Crippen molar-refractivity contribution in [3.63, 3.8) is 0 Å². The summed E-state index contributed by atoms with van der Waals surface area (Å²) in [4.78, 5) is 11.9. The molecule has 5 aliphatic rings. The van der Waals surface area contributed by atoms with Crippen LogP contribution in [0.5, 0.6) is 5.88 Å². The van der Waals surface area contributed by atoms with E-state index in [1.165, 1.54) is 19.3 Å². The number of aromatic amines is 1. The molecular weight excluding hydrogens is 418 g/mol. The predicted molar refractivity (Wildman–Crippen MR) is 126 cm³/mol. The van der Waals surface area contributed by atoms with Gasteiger partial charge in [-0.1, -0.05) is 0 Å². The average molecular weight is 454 g/mol. The molecule has 178 valence electrons. The Bertz CT molecular complexity index is 994. The van der Waals surface area contributed by atoms with Crippen LogP contribution in [0.4, 0.5) is 17.6 Å². The van der Waals surface area contributed by atoms with E-state index in [2.05, 4.69) is 32.8 Å². The largest absolute Gasteiger partial charge is 0.476 e. The fourth-order valence-corrected chi connectivity index (χ4v) is 6.98. The summed E-state index contributed by atoms with van der Waals surface area (Å²) in [6.45, 7) is 3.71. The van der Waals surface area contributed by atoms with E-state index in [1.807, 2.05) is 19.1 Å². The van der Waals surface area contributed by atoms with Crippen molar-refractivity contribution >= 4 is 17.6 Å². The molecule has 1 saturated heterocycles. The number of aliphatic hydroxyl groups is 1. The molecule has 33 heavy (non-hydrogen) atoms. The number of aromatic nitrogens is 4. The zero-order valence-corrected chi connectivity index (χ0v) is 19.5. The van der Waals surface area contributed by atoms with Gasteiger partial charge in [-0.15, -0.1) is 0 Å². The lowest BCUT2D eigenvalue weighted by Crippen LogP contribution is -2.59. The molecule has 0 amide bonds. The lowest BCUT2D eigenvalue weighted by Gasteiger charge is -2.58. The summed E-state index contributed by atoms with van der Waals surface area (Å²) in [5.74, 6) is 4.17. The Kier molecular flexibility index (Phi) is 5.21. The first kappa shape index (κ1) is 21.2. The van der Waals surface area contributed by atoms with Gasteiger partial charge in [0.05, 0.1) is 5.60 Å². The Labute approximate surface area is 194 Å². The Morgan fingerprint density at radius 3 is 2.67 bits per heavy atom. The van der Waals surface area contributed by atoms with E-state index in [9.17, 15) is 5.11 Å². The molecule has 0 spiro atoms. The molecule has 9 nitrogen and oxygen atoms in total. The van der Waals surface area contributed by atoms with Crippen LogP contribution in [-0.4, -0.2) is 68.1 Å². The van der Waals surface area contributed by atoms with Crippen LogP contribution in [0.1, 0.15) is 50.6 Å². The maximum Gasteiger partial charge on any atom is 0.228 e. The van der Waals surface area contributed by atoms with Crippen LogP contribution in [0.2, 0.25) is 0 Å². The molecule has 1 aliphatic heterocycles. The second-order valence-corrected chi connectivity index (χ2v) is 10.9. The Morgan fingerprint density at radius 2 is 2.00 bits per heavy atom. The second-order valence-electron chi connectivity index (χ2n) is 10.9. The molecule has 2 aromatic heterocycles. The van der Waals surface area contributed by atoms with E-state index >= 15 is 0 Å². The third kappa shape index (κ3) is 4.28. The highest BCUT2D eigenvalue weighted by Gasteiger charge is 2.54. The number of likely N-dealkylation sites (tertiary alicyclic amines) is 1. The first-order valence-corrected chi connectivity index (χ1v) is 12.4. The van der Waals surface area contributed by atoms with Crippen LogP contribution in [0.3, 0.4) is 0 Å². The summed E-state index contributed by atoms with van der Waals surface area (Å²) < 4.78 is 6.17. The number of aryl methyl sites for hydroxylation is 1. The second kappa shape index (κ2) is 8.13. The highest BCUT2D eigenvalue weighted by atomic mass is 16.5. The number of hydrogen-bond donors (Lipinski definition) is 4. The molecule has 3 atom stereocenters. The number of anilines is 3. The van der Waals surface area contributed by atoms with Crippen LogP contribution < -0.4 is 15.4 Å². The van der Waals surface area contributed by atoms with Crippen molar-refractivity contribution in [2.75, 3.05) is 30.8 Å². The maximum atomic E-state index is 10.9. The maximum absolute atomic E-state index is 10.9. The molecule has 4 aliphatic carbocycles. The average Bonchev–Trinajstić information content (AvgIpc) is 3.35. The quantitative estimate of drug-likeness (QED) is 0.506. The van der Waals surface area contributed by atoms with E-state index in [-0.39, 0.29) is 0 Å². The molecule has 2 unspecified atom stereocenters. The number of nitrogens with one attached hydrogen (secondary N) is 3. The van der Waals surface area contributed by atoms with Gasteiger partial charge in [-0.05, 0) is 83.2 Å². The lowest BCUT2D eigenvalue weighted by atomic mass is 9.52. The van der Waals surface area contributed by atoms with Crippen LogP contribution in [-0.2, 0) is 0 Å². The summed E-state index contributed by atoms with van der Waals surface area (Å²) in [6.07, 6.45) is 7.51. The number of H-pyrrole nitrogens is 1. The molecular formula is C24H35N7O2. The predicted octanol–water partition coefficient (Wildman–Crippen LogP) is 3.08. The molecule has 0 aromatic carbocycles. The van der Waals surface area contributed by atoms with Gasteiger partial charge in [0.25, 0.3) is 0 Å². The van der Waals surface area contributed by atoms with Crippen molar-refractivity contribution in [2.45, 2.75) is 69.6 Å². The first-order valence-electron chi connectivity index (χ1n) is 12.4. The third-order valence-electron chi connectivity index (χ3n) is 8.30. The molecule has 4 saturated carbocycles. The van der Waals surface area contributed by atoms with Gasteiger partial charge < -0.3 is 25.4 Å². The van der Waals surface area contributed by atoms with Crippen LogP contribution in [0, 0.1) is 24.7 Å². The van der Waals surface area contributed by atoms with Gasteiger partial charge in [0, 0.05) is 29.9 Å². The van der Waals surface area contributed by atoms with Gasteiger partial charge in [0.15, 0.2) is 5.82 Å². The smallest absolute Gasteiger partial charge is 0.228 e. The Morgan fingerprint density at radius 1 is 1.18 bits per heavy atom. The highest BCUT2D eigenvalue weighted by Crippen LogP contribution is 2.56. The molecule has 7 rings (SSSR count). The van der Waals surface area contributed by atoms with Gasteiger partial charge in [-0.25, -0.2) is 0 Å². The zero-order chi connectivity index (χ0) is 22.6. The Balaban J connectivity index is 1.22. The molecule has 9 heteroatoms. The number of likely N-dealkylation sites (N-methyl/N-ethyl adjacent to an activating group) is 1. The van der Waals surface area contributed by atoms with E-state index in [0.717, 1.165) is 43.7 Å². The Hall–Kier alpha value is -2.39. The van der Waals surface area contributed by atoms with Gasteiger partial charge in [-0.2, -0.15) is 15.1 Å². The monoisotopic (exact) mass is 453 g/mol. The fraction of sp³-hybridized carbons (Fsp3) is 0.708. The van der Waals surface area contributed by atoms with Crippen molar-refractivity contribution in [3.8, 4) is 5.88 Å². The normalized spacial score (nSPS) is 35.2. The molecule has 5 fully saturated rings. The number of nitrogens with zero attached hydrogens (tertiary/aromatic N) is 4. The van der Waals surface area contributed by atoms with Crippen molar-refractivity contribution in [2.24, 2.45) is 17.8 Å². The summed E-state index contributed by atoms with van der Waals surface area (Å²) in [5, 5.41) is 25.1. The van der Waals surface area contributed by atoms with Crippen LogP contribution in [0.25, 0.3) is 0 Å². The van der Waals surface area contributed by atoms with Gasteiger partial charge in [0.1, 0.15) is 12.4 Å². The van der Waals surface area contributed by atoms with Crippen molar-refractivity contribution in [1.29, 1.82) is 0 Å². The summed E-state index contributed by atoms with van der Waals surface area (Å²) in [5.41, 5.74) is 0.537. The molecule has 3 heterocycles. The summed E-state index contributed by atoms with van der Waals surface area (Å²) >= 11 is 0. The molecule has 4 bridgehead atoms. The van der Waals surface area contributed by atoms with E-state index in [0.29, 0.717) is 54.1 Å². The number of hydrogen-bond acceptors (Lipinski definition) is 8. The van der Waals surface area contributed by atoms with Crippen LogP contribution >= 0.6 is 0 Å². The standard InChI is InChI=1S/C24H35N7O2/c1-14-6-20(30-29-14)25-19-9-21(33-13-18-4-3-5-31(18)2)27-23(26-19)28-22-16-7-15-8-17(22)12-24(32,10-15)11-16/h6,9,15-18,22,32H,3-5,7-8,10-13H2,1-2H3,(H3,25,26,27,28,29,30)/t15?,16?,17?,18-,22?,24?/m0/s1. The SMILES string of the molecule is Cc1cc(Nc2cc(OC[C@@H]3CCCN3C)nc(NC3C4CC5CC3CC(O)(C5)C4)n2)n[nH]1. The van der Waals surface area contributed by atoms with Gasteiger partial charge in [0.2, 0.25) is 11.8 Å². The minimum Gasteiger partial charge on any atom is -0.476 e. The van der Waals surface area contributed by atoms with Crippen molar-refractivity contribution < 1.29 is 9.84 Å². The highest BCUT2D eigenvalue weighted by molar-refractivity contribution is 5.55. The minimum absolute atomic E-state index is 0.304. The number of ether oxygens (including phenoxy) is 1. The molecule has 4 N–H and O–H groups in total. The zero-order valence-electron chi connectivity index (χ0n) is 19.5. The van der Waals surface area contributed by atoms with E-state index in [1.54, 1.807) is 0 Å². The van der Waals surface area contributed by atoms with Crippen molar-refractivity contribution in [3.05, 3.63) is 17.8 Å². The minimum atomic E-state index is -0.446. The third-order valence-corrected chi connectivity index (χ3v) is 8.30. The topological polar surface area (TPSA) is 111 Å². The summed E-state index contributed by atoms with van der Waals surface area (Å²) in [6, 6.07) is 4.52. The molecule has 2 aromatic rings. The van der Waals surface area contributed by atoms with Crippen molar-refractivity contribution in [1.82, 2.24) is 25.1 Å². The van der Waals surface area contributed by atoms with E-state index in [4.69, 9.17) is 14.7 Å². The first-order chi connectivity index (χ1) is 15.9. The number of rotatable bonds is 7. The molecule has 0 radical (unpaired) electrons.